The molecule has 2 aromatic carbocycles. The summed E-state index contributed by atoms with van der Waals surface area (Å²) in [7, 11) is -3.72. The molecule has 2 aromatic rings. The van der Waals surface area contributed by atoms with Crippen LogP contribution in [-0.2, 0) is 21.1 Å². The lowest BCUT2D eigenvalue weighted by Crippen LogP contribution is -2.49. The highest BCUT2D eigenvalue weighted by atomic mass is 35.5. The van der Waals surface area contributed by atoms with Gasteiger partial charge in [0.15, 0.2) is 9.84 Å². The zero-order chi connectivity index (χ0) is 20.2. The van der Waals surface area contributed by atoms with Gasteiger partial charge in [-0.25, -0.2) is 13.9 Å². The first-order valence-electron chi connectivity index (χ1n) is 8.05. The average Bonchev–Trinajstić information content (AvgIpc) is 2.64. The van der Waals surface area contributed by atoms with Gasteiger partial charge in [0.05, 0.1) is 10.6 Å². The van der Waals surface area contributed by atoms with Crippen molar-refractivity contribution in [3.8, 4) is 17.2 Å². The Morgan fingerprint density at radius 2 is 1.81 bits per heavy atom. The number of carbonyl (C=O) groups excluding carboxylic acids is 1. The van der Waals surface area contributed by atoms with Crippen LogP contribution in [-0.4, -0.2) is 30.5 Å². The van der Waals surface area contributed by atoms with Gasteiger partial charge in [-0.3, -0.25) is 10.0 Å². The van der Waals surface area contributed by atoms with E-state index in [2.05, 4.69) is 0 Å². The summed E-state index contributed by atoms with van der Waals surface area (Å²) in [6.07, 6.45) is 1.34. The number of sulfone groups is 1. The number of aryl methyl sites for hydroxylation is 1. The molecule has 27 heavy (non-hydrogen) atoms. The quantitative estimate of drug-likeness (QED) is 0.566. The Balaban J connectivity index is 2.20. The molecule has 0 aliphatic carbocycles. The molecule has 0 spiro atoms. The highest BCUT2D eigenvalue weighted by Crippen LogP contribution is 2.27. The van der Waals surface area contributed by atoms with E-state index in [1.165, 1.54) is 12.4 Å². The van der Waals surface area contributed by atoms with E-state index in [9.17, 15) is 13.2 Å². The molecule has 0 heterocycles. The van der Waals surface area contributed by atoms with Crippen molar-refractivity contribution in [1.82, 2.24) is 5.48 Å². The van der Waals surface area contributed by atoms with Gasteiger partial charge in [0.1, 0.15) is 10.8 Å². The molecule has 8 heteroatoms. The Labute approximate surface area is 163 Å². The zero-order valence-corrected chi connectivity index (χ0v) is 16.4. The first kappa shape index (κ1) is 20.9. The van der Waals surface area contributed by atoms with Crippen LogP contribution < -0.4 is 5.48 Å². The molecule has 142 valence electrons. The Bertz CT molecular complexity index is 997. The second-order valence-electron chi connectivity index (χ2n) is 6.45. The van der Waals surface area contributed by atoms with Crippen LogP contribution in [0.1, 0.15) is 24.5 Å². The van der Waals surface area contributed by atoms with Crippen LogP contribution in [0, 0.1) is 11.3 Å². The van der Waals surface area contributed by atoms with Gasteiger partial charge >= 0.3 is 0 Å². The number of nitrogens with one attached hydrogen (secondary N) is 1. The fourth-order valence-corrected chi connectivity index (χ4v) is 3.70. The predicted molar refractivity (Wildman–Crippen MR) is 103 cm³/mol. The lowest BCUT2D eigenvalue weighted by molar-refractivity contribution is -0.131. The molecule has 1 amide bonds. The van der Waals surface area contributed by atoms with Crippen molar-refractivity contribution in [2.75, 3.05) is 6.26 Å². The summed E-state index contributed by atoms with van der Waals surface area (Å²) in [6.45, 7) is 1.29. The molecule has 0 aliphatic heterocycles. The second kappa shape index (κ2) is 8.09. The molecule has 2 N–H and O–H groups in total. The van der Waals surface area contributed by atoms with Gasteiger partial charge < -0.3 is 0 Å². The van der Waals surface area contributed by atoms with Gasteiger partial charge in [-0.1, -0.05) is 41.9 Å². The monoisotopic (exact) mass is 406 g/mol. The van der Waals surface area contributed by atoms with Crippen LogP contribution >= 0.6 is 11.6 Å². The highest BCUT2D eigenvalue weighted by Gasteiger charge is 2.43. The smallest absolute Gasteiger partial charge is 0.264 e. The van der Waals surface area contributed by atoms with Crippen LogP contribution in [0.2, 0.25) is 5.02 Å². The maximum atomic E-state index is 12.0. The molecular formula is C19H19ClN2O4S. The van der Waals surface area contributed by atoms with Crippen molar-refractivity contribution in [3.63, 3.8) is 0 Å². The van der Waals surface area contributed by atoms with Crippen LogP contribution in [0.25, 0.3) is 11.1 Å². The molecule has 0 bridgehead atoms. The number of halogens is 1. The van der Waals surface area contributed by atoms with Crippen molar-refractivity contribution in [1.29, 1.82) is 5.26 Å². The standard InChI is InChI=1S/C19H19ClN2O4S/c1-19(18(23)22-24,27(2,25)26)10-9-13-3-5-14(6-4-13)15-7-8-16(12-21)17(20)11-15/h3-8,11,24H,9-10H2,1-2H3,(H,22,23). The summed E-state index contributed by atoms with van der Waals surface area (Å²) in [5, 5.41) is 18.2. The van der Waals surface area contributed by atoms with Crippen molar-refractivity contribution in [2.24, 2.45) is 0 Å². The SMILES string of the molecule is CC(CCc1ccc(-c2ccc(C#N)c(Cl)c2)cc1)(C(=O)NO)S(C)(=O)=O. The zero-order valence-electron chi connectivity index (χ0n) is 14.9. The fourth-order valence-electron chi connectivity index (χ4n) is 2.62. The molecule has 0 aromatic heterocycles. The van der Waals surface area contributed by atoms with Gasteiger partial charge in [-0.15, -0.1) is 0 Å². The number of nitrogens with zero attached hydrogens (tertiary/aromatic N) is 1. The van der Waals surface area contributed by atoms with Gasteiger partial charge in [0, 0.05) is 6.26 Å². The van der Waals surface area contributed by atoms with Gasteiger partial charge in [0.2, 0.25) is 0 Å². The van der Waals surface area contributed by atoms with E-state index in [0.717, 1.165) is 22.9 Å². The summed E-state index contributed by atoms with van der Waals surface area (Å²) in [4.78, 5) is 11.8. The minimum Gasteiger partial charge on any atom is -0.289 e. The van der Waals surface area contributed by atoms with E-state index in [1.54, 1.807) is 18.2 Å². The van der Waals surface area contributed by atoms with E-state index in [0.29, 0.717) is 17.0 Å². The Hall–Kier alpha value is -2.40. The molecule has 0 fully saturated rings. The number of rotatable bonds is 6. The molecule has 0 radical (unpaired) electrons. The second-order valence-corrected chi connectivity index (χ2v) is 9.30. The van der Waals surface area contributed by atoms with E-state index < -0.39 is 20.5 Å². The molecule has 0 saturated carbocycles. The topological polar surface area (TPSA) is 107 Å². The third-order valence-electron chi connectivity index (χ3n) is 4.67. The predicted octanol–water partition coefficient (Wildman–Crippen LogP) is 3.12. The number of hydrogen-bond acceptors (Lipinski definition) is 5. The number of hydrogen-bond donors (Lipinski definition) is 2. The van der Waals surface area contributed by atoms with E-state index in [-0.39, 0.29) is 6.42 Å². The summed E-state index contributed by atoms with van der Waals surface area (Å²) in [5.74, 6) is -0.950. The van der Waals surface area contributed by atoms with Gasteiger partial charge in [0.25, 0.3) is 5.91 Å². The van der Waals surface area contributed by atoms with Gasteiger partial charge in [-0.2, -0.15) is 5.26 Å². The maximum absolute atomic E-state index is 12.0. The van der Waals surface area contributed by atoms with Gasteiger partial charge in [-0.05, 0) is 48.6 Å². The Morgan fingerprint density at radius 1 is 1.22 bits per heavy atom. The van der Waals surface area contributed by atoms with Crippen molar-refractivity contribution >= 4 is 27.3 Å². The fraction of sp³-hybridized carbons (Fsp3) is 0.263. The molecule has 1 atom stereocenters. The van der Waals surface area contributed by atoms with E-state index in [4.69, 9.17) is 22.1 Å². The first-order chi connectivity index (χ1) is 12.6. The van der Waals surface area contributed by atoms with Crippen molar-refractivity contribution in [3.05, 3.63) is 58.6 Å². The molecule has 0 aliphatic rings. The molecule has 1 unspecified atom stereocenters. The number of hydroxylamine groups is 1. The van der Waals surface area contributed by atoms with Crippen LogP contribution in [0.15, 0.2) is 42.5 Å². The lowest BCUT2D eigenvalue weighted by Gasteiger charge is -2.25. The minimum atomic E-state index is -3.72. The summed E-state index contributed by atoms with van der Waals surface area (Å²) < 4.78 is 22.3. The lowest BCUT2D eigenvalue weighted by atomic mass is 9.97. The van der Waals surface area contributed by atoms with E-state index in [1.807, 2.05) is 30.3 Å². The molecule has 6 nitrogen and oxygen atoms in total. The minimum absolute atomic E-state index is 0.0280. The average molecular weight is 407 g/mol. The summed E-state index contributed by atoms with van der Waals surface area (Å²) in [5.41, 5.74) is 4.43. The molecular weight excluding hydrogens is 388 g/mol. The van der Waals surface area contributed by atoms with Crippen LogP contribution in [0.4, 0.5) is 0 Å². The Morgan fingerprint density at radius 3 is 2.30 bits per heavy atom. The number of nitriles is 1. The number of benzene rings is 2. The van der Waals surface area contributed by atoms with E-state index >= 15 is 0 Å². The Kier molecular flexibility index (Phi) is 6.26. The highest BCUT2D eigenvalue weighted by molar-refractivity contribution is 7.92. The van der Waals surface area contributed by atoms with Crippen molar-refractivity contribution < 1.29 is 18.4 Å². The van der Waals surface area contributed by atoms with Crippen LogP contribution in [0.3, 0.4) is 0 Å². The maximum Gasteiger partial charge on any atom is 0.264 e. The first-order valence-corrected chi connectivity index (χ1v) is 10.3. The largest absolute Gasteiger partial charge is 0.289 e. The van der Waals surface area contributed by atoms with Crippen LogP contribution in [0.5, 0.6) is 0 Å². The summed E-state index contributed by atoms with van der Waals surface area (Å²) in [6, 6.07) is 14.5. The number of carbonyl (C=O) groups is 1. The molecule has 0 saturated heterocycles. The third-order valence-corrected chi connectivity index (χ3v) is 7.01. The normalized spacial score (nSPS) is 13.4. The number of amides is 1. The summed E-state index contributed by atoms with van der Waals surface area (Å²) >= 11 is 6.06. The van der Waals surface area contributed by atoms with Crippen molar-refractivity contribution in [2.45, 2.75) is 24.5 Å². The third kappa shape index (κ3) is 4.48. The molecule has 2 rings (SSSR count).